The fourth-order valence-electron chi connectivity index (χ4n) is 10.4. The van der Waals surface area contributed by atoms with Crippen molar-refractivity contribution in [1.82, 2.24) is 14.7 Å². The van der Waals surface area contributed by atoms with Crippen molar-refractivity contribution < 1.29 is 187 Å². The van der Waals surface area contributed by atoms with Crippen LogP contribution in [0.25, 0.3) is 0 Å². The zero-order chi connectivity index (χ0) is 90.7. The van der Waals surface area contributed by atoms with E-state index in [0.29, 0.717) is 44.6 Å². The standard InChI is InChI=1S/C15H17NO.C13H18BrNO3.C13H19NO3.C8H8O5.C8H10O4.C8H8O4.C8H12O3.C6H4O4.2C2H6O.CH4.B.Na.H2O4S.H/c1-2-4-13(5-3-1)12-16-9-6-14-8-11-17-15(14)7-10-16;1-13(2,3)18-12(16)15-6-4-9-8-11(14)17-10(9)5-7-15;1-13(2,3)17-12(15)14-7-4-10-6-9-16-11(10)5-8-14;9-7(10)3-5-1-2-13-6(5)4-8(11)12;2*1-2-11-8(10)7(9)6-4-3-5-12-6;9-4-1-7-3-6-11-8(7)2-5-10;7-5(6(8)9)4-2-1-3-10-4;2*1-2-3;;;;1-5(2,3)4;/h1-5,8,11H,6-7,9-10,12H2;8H,4-7H2,1-3H3;6,9H,4-5,7-8H2,1-3H3;1-2H,3-4H2,(H,9,10)(H,11,12);3-5,7,9H,2H2,1H3;3-5H,2H2,1H3;3,6,9-10H,1-2,4-5H2;1-3H,(H,8,9);2*3H,2H2,1H3;1H4;;;(H2,1,2,3,4);/q;;;;;;;;;;;;+1;;-1. The first kappa shape index (κ1) is 116. The molecule has 9 aromatic rings. The molecular weight excluding hydrogens is 1720 g/mol. The van der Waals surface area contributed by atoms with E-state index in [0.717, 1.165) is 85.7 Å². The van der Waals surface area contributed by atoms with Crippen LogP contribution in [0.1, 0.15) is 173 Å². The van der Waals surface area contributed by atoms with Crippen molar-refractivity contribution in [2.24, 2.45) is 0 Å². The molecule has 1 unspecified atom stereocenters. The van der Waals surface area contributed by atoms with E-state index < -0.39 is 69.1 Å². The predicted octanol–water partition coefficient (Wildman–Crippen LogP) is 8.92. The normalized spacial score (nSPS) is 12.4. The number of benzene rings is 1. The molecule has 12 rings (SSSR count). The van der Waals surface area contributed by atoms with Crippen LogP contribution in [-0.2, 0) is 124 Å². The van der Waals surface area contributed by atoms with Gasteiger partial charge in [0.15, 0.2) is 16.2 Å². The maximum absolute atomic E-state index is 12.0. The molecule has 0 spiro atoms. The molecule has 8 aromatic heterocycles. The number of aliphatic carboxylic acids is 3. The van der Waals surface area contributed by atoms with Crippen LogP contribution in [-0.4, -0.2) is 225 Å². The van der Waals surface area contributed by atoms with E-state index in [9.17, 15) is 48.3 Å². The number of furan rings is 8. The summed E-state index contributed by atoms with van der Waals surface area (Å²) in [7, 11) is -4.67. The molecule has 40 heteroatoms. The van der Waals surface area contributed by atoms with Crippen molar-refractivity contribution in [1.29, 1.82) is 0 Å². The molecule has 0 saturated carbocycles. The number of hydrogen-bond acceptors (Lipinski definition) is 29. The number of ether oxygens (including phenoxy) is 4. The van der Waals surface area contributed by atoms with Crippen LogP contribution in [0.4, 0.5) is 9.59 Å². The summed E-state index contributed by atoms with van der Waals surface area (Å²) in [5.74, 6) is -2.70. The number of ketones is 2. The van der Waals surface area contributed by atoms with Crippen LogP contribution in [0.15, 0.2) is 181 Å². The van der Waals surface area contributed by atoms with Crippen molar-refractivity contribution in [2.45, 2.75) is 165 Å². The van der Waals surface area contributed by atoms with Gasteiger partial charge in [0.1, 0.15) is 52.2 Å². The van der Waals surface area contributed by atoms with E-state index in [1.807, 2.05) is 66.0 Å². The second-order valence-corrected chi connectivity index (χ2v) is 28.8. The summed E-state index contributed by atoms with van der Waals surface area (Å²) in [4.78, 5) is 104. The zero-order valence-electron chi connectivity index (χ0n) is 71.7. The Balaban J connectivity index is -0.00000134. The number of fused-ring (bicyclic) bond motifs is 3. The summed E-state index contributed by atoms with van der Waals surface area (Å²) in [5, 5.41) is 66.6. The second-order valence-electron chi connectivity index (χ2n) is 27.1. The number of aliphatic hydroxyl groups is 5. The molecule has 0 fully saturated rings. The number of halogens is 1. The van der Waals surface area contributed by atoms with Crippen LogP contribution < -0.4 is 29.6 Å². The van der Waals surface area contributed by atoms with E-state index in [1.54, 1.807) is 56.1 Å². The van der Waals surface area contributed by atoms with Crippen LogP contribution in [0.3, 0.4) is 0 Å². The number of carbonyl (C=O) groups excluding carboxylic acids is 6. The minimum Gasteiger partial charge on any atom is -1.00 e. The van der Waals surface area contributed by atoms with E-state index in [1.165, 1.54) is 89.5 Å². The van der Waals surface area contributed by atoms with Gasteiger partial charge in [0.2, 0.25) is 6.10 Å². The summed E-state index contributed by atoms with van der Waals surface area (Å²) in [6, 6.07) is 28.9. The van der Waals surface area contributed by atoms with Gasteiger partial charge in [-0.15, -0.1) is 0 Å². The Hall–Kier alpha value is -10.1. The molecular formula is C84H115BBrN3NaO33S. The van der Waals surface area contributed by atoms with Gasteiger partial charge >= 0.3 is 93.6 Å². The fraction of sp³-hybridized carbons (Fsp3) is 0.440. The van der Waals surface area contributed by atoms with Gasteiger partial charge in [-0.3, -0.25) is 33.2 Å². The Morgan fingerprint density at radius 3 is 1.39 bits per heavy atom. The van der Waals surface area contributed by atoms with Crippen molar-refractivity contribution in [3.63, 3.8) is 0 Å². The predicted molar refractivity (Wildman–Crippen MR) is 449 cm³/mol. The largest absolute Gasteiger partial charge is 1.00 e. The Kier molecular flexibility index (Phi) is 58.8. The first-order valence-electron chi connectivity index (χ1n) is 38.0. The van der Waals surface area contributed by atoms with Gasteiger partial charge in [-0.1, -0.05) is 37.8 Å². The number of rotatable bonds is 18. The van der Waals surface area contributed by atoms with E-state index in [-0.39, 0.29) is 135 Å². The van der Waals surface area contributed by atoms with Gasteiger partial charge in [0.05, 0.1) is 70.1 Å². The van der Waals surface area contributed by atoms with E-state index in [2.05, 4.69) is 71.1 Å². The SMILES string of the molecule is C.CC(C)(C)OC(=O)N1CCc2cc(Br)oc2CC1.CC(C)(C)OC(=O)N1CCc2ccoc2CC1.CCO.CCO.CCOC(=O)C(=O)c1ccco1.CCOC(=O)C(O)c1ccco1.O=C(O)C(=O)c1ccco1.O=C(O)Cc1ccoc1CC(=O)O.O=S(=O)(O)O.OCCc1ccoc1CCO.[B].[H-].[Na+].c1ccc(CN2CCc3ccoc3CC2)cc1. The number of aliphatic hydroxyl groups excluding tert-OH is 5. The first-order valence-corrected chi connectivity index (χ1v) is 40.2. The fourth-order valence-corrected chi connectivity index (χ4v) is 10.8. The maximum atomic E-state index is 12.0. The summed E-state index contributed by atoms with van der Waals surface area (Å²) >= 11 is 3.33. The molecule has 0 bridgehead atoms. The second kappa shape index (κ2) is 62.9. The van der Waals surface area contributed by atoms with E-state index in [4.69, 9.17) is 93.7 Å². The maximum Gasteiger partial charge on any atom is 1.00 e. The molecule has 36 nitrogen and oxygen atoms in total. The average molecular weight is 1840 g/mol. The minimum atomic E-state index is -4.67. The van der Waals surface area contributed by atoms with Crippen LogP contribution in [0.2, 0.25) is 0 Å². The van der Waals surface area contributed by atoms with Gasteiger partial charge in [-0.2, -0.15) is 8.42 Å². The third kappa shape index (κ3) is 49.4. The van der Waals surface area contributed by atoms with Gasteiger partial charge in [0, 0.05) is 105 Å². The molecule has 0 saturated heterocycles. The summed E-state index contributed by atoms with van der Waals surface area (Å²) in [5.41, 5.74) is 5.68. The number of hydrogen-bond donors (Lipinski definition) is 10. The minimum absolute atomic E-state index is 0. The zero-order valence-corrected chi connectivity index (χ0v) is 75.1. The Bertz CT molecular complexity index is 4430. The number of nitrogens with zero attached hydrogens (tertiary/aromatic N) is 3. The Labute approximate surface area is 753 Å². The molecule has 3 aliphatic rings. The molecule has 0 aliphatic carbocycles. The Morgan fingerprint density at radius 1 is 0.508 bits per heavy atom. The molecule has 3 aliphatic heterocycles. The summed E-state index contributed by atoms with van der Waals surface area (Å²) < 4.78 is 92.6. The third-order valence-electron chi connectivity index (χ3n) is 15.5. The molecule has 3 radical (unpaired) electrons. The van der Waals surface area contributed by atoms with Crippen molar-refractivity contribution in [2.75, 3.05) is 78.9 Å². The number of carboxylic acid groups (broad SMARTS) is 3. The smallest absolute Gasteiger partial charge is 1.00 e. The van der Waals surface area contributed by atoms with Gasteiger partial charge < -0.3 is 106 Å². The molecule has 124 heavy (non-hydrogen) atoms. The number of amides is 2. The van der Waals surface area contributed by atoms with Crippen LogP contribution in [0.5, 0.6) is 0 Å². The number of Topliss-reactive ketones (excluding diaryl/α,β-unsaturated/α-hetero) is 2. The number of carboxylic acids is 3. The Morgan fingerprint density at radius 2 is 0.935 bits per heavy atom. The molecule has 1 aromatic carbocycles. The number of carbonyl (C=O) groups is 9. The van der Waals surface area contributed by atoms with Crippen molar-refractivity contribution in [3.8, 4) is 0 Å². The molecule has 681 valence electrons. The summed E-state index contributed by atoms with van der Waals surface area (Å²) in [6.45, 7) is 25.0. The number of esters is 2. The average Bonchev–Trinajstić information content (AvgIpc) is 1.69. The van der Waals surface area contributed by atoms with Crippen molar-refractivity contribution in [3.05, 3.63) is 225 Å². The van der Waals surface area contributed by atoms with Crippen LogP contribution >= 0.6 is 15.9 Å². The van der Waals surface area contributed by atoms with Gasteiger partial charge in [0.25, 0.3) is 0 Å². The van der Waals surface area contributed by atoms with Gasteiger partial charge in [-0.05, 0) is 205 Å². The molecule has 10 N–H and O–H groups in total. The molecule has 11 heterocycles. The summed E-state index contributed by atoms with van der Waals surface area (Å²) in [6.07, 6.45) is 14.5. The first-order chi connectivity index (χ1) is 57.2. The van der Waals surface area contributed by atoms with Crippen molar-refractivity contribution >= 4 is 88.3 Å². The third-order valence-corrected chi connectivity index (χ3v) is 15.9. The molecule has 2 amide bonds. The quantitative estimate of drug-likeness (QED) is 0.00956. The topological polar surface area (TPSA) is 542 Å². The van der Waals surface area contributed by atoms with Gasteiger partial charge in [-0.25, -0.2) is 24.0 Å². The van der Waals surface area contributed by atoms with Crippen LogP contribution in [0, 0.1) is 0 Å². The monoisotopic (exact) mass is 1840 g/mol. The van der Waals surface area contributed by atoms with E-state index >= 15 is 0 Å². The molecule has 1 atom stereocenters.